The largest absolute Gasteiger partial charge is 0.365 e. The van der Waals surface area contributed by atoms with Gasteiger partial charge in [-0.05, 0) is 31.7 Å². The molecule has 2 N–H and O–H groups in total. The third-order valence-corrected chi connectivity index (χ3v) is 4.14. The van der Waals surface area contributed by atoms with Crippen molar-refractivity contribution in [3.05, 3.63) is 0 Å². The van der Waals surface area contributed by atoms with E-state index in [1.165, 1.54) is 25.7 Å². The first-order valence-corrected chi connectivity index (χ1v) is 7.96. The molecule has 0 radical (unpaired) electrons. The van der Waals surface area contributed by atoms with Crippen LogP contribution in [0.4, 0.5) is 0 Å². The summed E-state index contributed by atoms with van der Waals surface area (Å²) in [5.41, 5.74) is 5.68. The number of rotatable bonds is 6. The third kappa shape index (κ3) is 5.80. The molecule has 0 aromatic carbocycles. The van der Waals surface area contributed by atoms with Gasteiger partial charge in [-0.15, -0.1) is 0 Å². The molecule has 0 saturated heterocycles. The van der Waals surface area contributed by atoms with E-state index in [2.05, 4.69) is 13.8 Å². The summed E-state index contributed by atoms with van der Waals surface area (Å²) in [7, 11) is 1.84. The van der Waals surface area contributed by atoms with Crippen molar-refractivity contribution in [3.8, 4) is 0 Å². The van der Waals surface area contributed by atoms with Crippen LogP contribution in [0.2, 0.25) is 0 Å². The van der Waals surface area contributed by atoms with Crippen molar-refractivity contribution in [2.24, 2.45) is 11.1 Å². The van der Waals surface area contributed by atoms with E-state index < -0.39 is 0 Å². The van der Waals surface area contributed by atoms with E-state index in [1.54, 1.807) is 4.90 Å². The van der Waals surface area contributed by atoms with Gasteiger partial charge in [0.25, 0.3) is 5.91 Å². The number of nitrogens with two attached hydrogens (primary N) is 1. The first-order valence-electron chi connectivity index (χ1n) is 7.96. The normalized spacial score (nSPS) is 19.4. The topological polar surface area (TPSA) is 55.6 Å². The summed E-state index contributed by atoms with van der Waals surface area (Å²) in [6, 6.07) is 0. The van der Waals surface area contributed by atoms with Gasteiger partial charge in [0.05, 0.1) is 6.10 Å². The molecule has 1 atom stereocenters. The summed E-state index contributed by atoms with van der Waals surface area (Å²) >= 11 is 0. The van der Waals surface area contributed by atoms with Crippen molar-refractivity contribution in [2.75, 3.05) is 20.1 Å². The van der Waals surface area contributed by atoms with Crippen molar-refractivity contribution in [2.45, 2.75) is 71.5 Å². The number of ether oxygens (including phenoxy) is 1. The fourth-order valence-electron chi connectivity index (χ4n) is 2.82. The van der Waals surface area contributed by atoms with Crippen LogP contribution in [0.1, 0.15) is 59.3 Å². The zero-order chi connectivity index (χ0) is 15.2. The Hall–Kier alpha value is -0.610. The molecule has 1 unspecified atom stereocenters. The number of carbonyl (C=O) groups is 1. The first-order chi connectivity index (χ1) is 9.35. The van der Waals surface area contributed by atoms with Crippen molar-refractivity contribution in [3.63, 3.8) is 0 Å². The molecule has 1 aliphatic carbocycles. The second-order valence-corrected chi connectivity index (χ2v) is 6.95. The minimum Gasteiger partial charge on any atom is -0.365 e. The minimum atomic E-state index is -0.350. The fourth-order valence-corrected chi connectivity index (χ4v) is 2.82. The van der Waals surface area contributed by atoms with Gasteiger partial charge in [-0.25, -0.2) is 0 Å². The molecular weight excluding hydrogens is 252 g/mol. The molecule has 0 aromatic heterocycles. The maximum Gasteiger partial charge on any atom is 0.251 e. The Morgan fingerprint density at radius 3 is 2.35 bits per heavy atom. The number of nitrogens with zero attached hydrogens (tertiary/aromatic N) is 1. The van der Waals surface area contributed by atoms with Gasteiger partial charge in [0, 0.05) is 13.6 Å². The lowest BCUT2D eigenvalue weighted by Gasteiger charge is -2.31. The van der Waals surface area contributed by atoms with Gasteiger partial charge >= 0.3 is 0 Å². The van der Waals surface area contributed by atoms with E-state index in [0.717, 1.165) is 12.8 Å². The van der Waals surface area contributed by atoms with Crippen molar-refractivity contribution in [1.29, 1.82) is 0 Å². The highest BCUT2D eigenvalue weighted by atomic mass is 16.5. The van der Waals surface area contributed by atoms with Crippen LogP contribution >= 0.6 is 0 Å². The molecule has 1 saturated carbocycles. The molecule has 0 heterocycles. The van der Waals surface area contributed by atoms with Crippen LogP contribution in [0.25, 0.3) is 0 Å². The molecule has 1 rings (SSSR count). The second kappa shape index (κ2) is 7.99. The predicted molar refractivity (Wildman–Crippen MR) is 82.5 cm³/mol. The number of likely N-dealkylation sites (N-methyl/N-ethyl adjacent to an activating group) is 1. The number of hydrogen-bond donors (Lipinski definition) is 1. The highest BCUT2D eigenvalue weighted by Gasteiger charge is 2.26. The number of amides is 1. The monoisotopic (exact) mass is 284 g/mol. The quantitative estimate of drug-likeness (QED) is 0.763. The molecule has 1 aliphatic rings. The van der Waals surface area contributed by atoms with E-state index in [4.69, 9.17) is 10.5 Å². The average Bonchev–Trinajstić information content (AvgIpc) is 2.65. The van der Waals surface area contributed by atoms with Crippen LogP contribution in [0, 0.1) is 5.41 Å². The highest BCUT2D eigenvalue weighted by molar-refractivity contribution is 5.80. The van der Waals surface area contributed by atoms with Crippen molar-refractivity contribution >= 4 is 5.91 Å². The molecule has 0 aromatic rings. The van der Waals surface area contributed by atoms with Gasteiger partial charge in [0.1, 0.15) is 6.10 Å². The summed E-state index contributed by atoms with van der Waals surface area (Å²) < 4.78 is 5.98. The summed E-state index contributed by atoms with van der Waals surface area (Å²) in [6.45, 7) is 7.27. The summed E-state index contributed by atoms with van der Waals surface area (Å²) in [6.07, 6.45) is 7.14. The molecule has 4 heteroatoms. The number of hydrogen-bond acceptors (Lipinski definition) is 3. The summed E-state index contributed by atoms with van der Waals surface area (Å²) in [5, 5.41) is 0. The maximum absolute atomic E-state index is 12.4. The summed E-state index contributed by atoms with van der Waals surface area (Å²) in [5.74, 6) is 0.0655. The first kappa shape index (κ1) is 17.4. The van der Waals surface area contributed by atoms with Gasteiger partial charge in [0.2, 0.25) is 0 Å². The Bertz CT molecular complexity index is 297. The zero-order valence-electron chi connectivity index (χ0n) is 13.7. The van der Waals surface area contributed by atoms with Crippen molar-refractivity contribution < 1.29 is 9.53 Å². The SMILES string of the molecule is CC(OC1CCCCCC1)C(=O)N(C)CC(C)(C)CN. The van der Waals surface area contributed by atoms with Gasteiger partial charge in [-0.1, -0.05) is 39.5 Å². The van der Waals surface area contributed by atoms with E-state index in [-0.39, 0.29) is 23.5 Å². The molecule has 0 spiro atoms. The zero-order valence-corrected chi connectivity index (χ0v) is 13.7. The third-order valence-electron chi connectivity index (χ3n) is 4.14. The molecule has 1 amide bonds. The van der Waals surface area contributed by atoms with Crippen LogP contribution in [0.3, 0.4) is 0 Å². The smallest absolute Gasteiger partial charge is 0.251 e. The maximum atomic E-state index is 12.4. The highest BCUT2D eigenvalue weighted by Crippen LogP contribution is 2.22. The molecule has 20 heavy (non-hydrogen) atoms. The lowest BCUT2D eigenvalue weighted by molar-refractivity contribution is -0.146. The Morgan fingerprint density at radius 2 is 1.85 bits per heavy atom. The average molecular weight is 284 g/mol. The molecule has 4 nitrogen and oxygen atoms in total. The summed E-state index contributed by atoms with van der Waals surface area (Å²) in [4.78, 5) is 14.1. The Balaban J connectivity index is 2.44. The molecular formula is C16H32N2O2. The lowest BCUT2D eigenvalue weighted by atomic mass is 9.93. The van der Waals surface area contributed by atoms with Crippen LogP contribution in [-0.4, -0.2) is 43.2 Å². The van der Waals surface area contributed by atoms with Gasteiger partial charge in [-0.3, -0.25) is 4.79 Å². The standard InChI is InChI=1S/C16H32N2O2/c1-13(20-14-9-7-5-6-8-10-14)15(19)18(4)12-16(2,3)11-17/h13-14H,5-12,17H2,1-4H3. The predicted octanol–water partition coefficient (Wildman–Crippen LogP) is 2.56. The minimum absolute atomic E-state index is 0.0492. The van der Waals surface area contributed by atoms with Gasteiger partial charge in [0.15, 0.2) is 0 Å². The van der Waals surface area contributed by atoms with Crippen LogP contribution in [0.5, 0.6) is 0 Å². The molecule has 118 valence electrons. The van der Waals surface area contributed by atoms with E-state index in [9.17, 15) is 4.79 Å². The molecule has 0 aliphatic heterocycles. The van der Waals surface area contributed by atoms with Crippen molar-refractivity contribution in [1.82, 2.24) is 4.90 Å². The Morgan fingerprint density at radius 1 is 1.30 bits per heavy atom. The van der Waals surface area contributed by atoms with E-state index >= 15 is 0 Å². The fraction of sp³-hybridized carbons (Fsp3) is 0.938. The molecule has 0 bridgehead atoms. The Kier molecular flexibility index (Phi) is 6.96. The number of carbonyl (C=O) groups excluding carboxylic acids is 1. The van der Waals surface area contributed by atoms with Crippen LogP contribution in [-0.2, 0) is 9.53 Å². The second-order valence-electron chi connectivity index (χ2n) is 6.95. The van der Waals surface area contributed by atoms with Gasteiger partial charge in [-0.2, -0.15) is 0 Å². The lowest BCUT2D eigenvalue weighted by Crippen LogP contribution is -2.44. The van der Waals surface area contributed by atoms with E-state index in [0.29, 0.717) is 13.1 Å². The van der Waals surface area contributed by atoms with E-state index in [1.807, 2.05) is 14.0 Å². The molecule has 1 fully saturated rings. The van der Waals surface area contributed by atoms with Crippen LogP contribution in [0.15, 0.2) is 0 Å². The Labute approximate surface area is 124 Å². The van der Waals surface area contributed by atoms with Gasteiger partial charge < -0.3 is 15.4 Å². The van der Waals surface area contributed by atoms with Crippen LogP contribution < -0.4 is 5.73 Å².